The van der Waals surface area contributed by atoms with E-state index >= 15 is 0 Å². The number of para-hydroxylation sites is 1. The molecule has 0 bridgehead atoms. The maximum Gasteiger partial charge on any atom is 0.337 e. The SMILES string of the molecule is CSCCCNc1c(C)cccc1C(=O)O. The topological polar surface area (TPSA) is 49.3 Å². The van der Waals surface area contributed by atoms with Crippen molar-refractivity contribution in [3.63, 3.8) is 0 Å². The minimum Gasteiger partial charge on any atom is -0.478 e. The van der Waals surface area contributed by atoms with Crippen molar-refractivity contribution in [1.29, 1.82) is 0 Å². The number of carboxylic acid groups (broad SMARTS) is 1. The number of nitrogens with one attached hydrogen (secondary N) is 1. The molecule has 16 heavy (non-hydrogen) atoms. The molecule has 0 amide bonds. The summed E-state index contributed by atoms with van der Waals surface area (Å²) in [6.07, 6.45) is 3.10. The first-order valence-electron chi connectivity index (χ1n) is 5.22. The van der Waals surface area contributed by atoms with Crippen LogP contribution in [0.25, 0.3) is 0 Å². The van der Waals surface area contributed by atoms with Gasteiger partial charge in [-0.05, 0) is 37.0 Å². The molecule has 0 atom stereocenters. The number of rotatable bonds is 6. The van der Waals surface area contributed by atoms with E-state index in [1.165, 1.54) is 0 Å². The largest absolute Gasteiger partial charge is 0.478 e. The van der Waals surface area contributed by atoms with Gasteiger partial charge in [-0.2, -0.15) is 11.8 Å². The lowest BCUT2D eigenvalue weighted by Gasteiger charge is -2.12. The summed E-state index contributed by atoms with van der Waals surface area (Å²) < 4.78 is 0. The van der Waals surface area contributed by atoms with Gasteiger partial charge in [-0.1, -0.05) is 12.1 Å². The minimum atomic E-state index is -0.879. The van der Waals surface area contributed by atoms with Crippen molar-refractivity contribution < 1.29 is 9.90 Å². The first-order valence-corrected chi connectivity index (χ1v) is 6.62. The Hall–Kier alpha value is -1.16. The first kappa shape index (κ1) is 12.9. The van der Waals surface area contributed by atoms with Gasteiger partial charge in [-0.15, -0.1) is 0 Å². The molecule has 0 saturated carbocycles. The molecule has 3 nitrogen and oxygen atoms in total. The highest BCUT2D eigenvalue weighted by molar-refractivity contribution is 7.98. The molecule has 0 unspecified atom stereocenters. The standard InChI is InChI=1S/C12H17NO2S/c1-9-5-3-6-10(12(14)15)11(9)13-7-4-8-16-2/h3,5-6,13H,4,7-8H2,1-2H3,(H,14,15). The quantitative estimate of drug-likeness (QED) is 0.749. The Labute approximate surface area is 100 Å². The van der Waals surface area contributed by atoms with Crippen LogP contribution in [0.5, 0.6) is 0 Å². The van der Waals surface area contributed by atoms with Crippen molar-refractivity contribution in [2.45, 2.75) is 13.3 Å². The maximum atomic E-state index is 11.0. The normalized spacial score (nSPS) is 10.1. The molecule has 1 rings (SSSR count). The van der Waals surface area contributed by atoms with E-state index in [1.54, 1.807) is 23.9 Å². The van der Waals surface area contributed by atoms with Gasteiger partial charge in [0.15, 0.2) is 0 Å². The Morgan fingerprint density at radius 1 is 1.50 bits per heavy atom. The molecule has 0 heterocycles. The number of aromatic carboxylic acids is 1. The molecule has 0 fully saturated rings. The van der Waals surface area contributed by atoms with Crippen LogP contribution in [0, 0.1) is 6.92 Å². The monoisotopic (exact) mass is 239 g/mol. The third kappa shape index (κ3) is 3.45. The third-order valence-corrected chi connectivity index (χ3v) is 3.03. The molecule has 88 valence electrons. The molecule has 0 spiro atoms. The number of aryl methyl sites for hydroxylation is 1. The van der Waals surface area contributed by atoms with Crippen LogP contribution in [0.1, 0.15) is 22.3 Å². The highest BCUT2D eigenvalue weighted by Gasteiger charge is 2.10. The van der Waals surface area contributed by atoms with E-state index in [0.29, 0.717) is 5.56 Å². The van der Waals surface area contributed by atoms with Gasteiger partial charge < -0.3 is 10.4 Å². The molecule has 1 aromatic carbocycles. The molecule has 2 N–H and O–H groups in total. The van der Waals surface area contributed by atoms with Crippen molar-refractivity contribution in [3.8, 4) is 0 Å². The molecular weight excluding hydrogens is 222 g/mol. The first-order chi connectivity index (χ1) is 7.66. The lowest BCUT2D eigenvalue weighted by Crippen LogP contribution is -2.09. The molecule has 0 aliphatic heterocycles. The second-order valence-electron chi connectivity index (χ2n) is 3.58. The summed E-state index contributed by atoms with van der Waals surface area (Å²) in [5.41, 5.74) is 2.07. The number of anilines is 1. The minimum absolute atomic E-state index is 0.351. The molecular formula is C12H17NO2S. The van der Waals surface area contributed by atoms with E-state index in [0.717, 1.165) is 30.0 Å². The Bertz CT molecular complexity index is 366. The van der Waals surface area contributed by atoms with E-state index in [1.807, 2.05) is 13.0 Å². The van der Waals surface area contributed by atoms with E-state index in [9.17, 15) is 4.79 Å². The lowest BCUT2D eigenvalue weighted by molar-refractivity contribution is 0.0698. The Kier molecular flexibility index (Phi) is 5.19. The molecule has 4 heteroatoms. The third-order valence-electron chi connectivity index (χ3n) is 2.33. The van der Waals surface area contributed by atoms with Crippen LogP contribution in [0.2, 0.25) is 0 Å². The number of carbonyl (C=O) groups is 1. The van der Waals surface area contributed by atoms with Crippen LogP contribution in [0.3, 0.4) is 0 Å². The second-order valence-corrected chi connectivity index (χ2v) is 4.56. The van der Waals surface area contributed by atoms with Crippen LogP contribution < -0.4 is 5.32 Å². The molecule has 0 aromatic heterocycles. The predicted molar refractivity (Wildman–Crippen MR) is 69.6 cm³/mol. The average Bonchev–Trinajstić information content (AvgIpc) is 2.25. The van der Waals surface area contributed by atoms with Crippen molar-refractivity contribution in [1.82, 2.24) is 0 Å². The van der Waals surface area contributed by atoms with Gasteiger partial charge in [0, 0.05) is 6.54 Å². The highest BCUT2D eigenvalue weighted by Crippen LogP contribution is 2.20. The van der Waals surface area contributed by atoms with Crippen LogP contribution >= 0.6 is 11.8 Å². The summed E-state index contributed by atoms with van der Waals surface area (Å²) in [6, 6.07) is 5.32. The molecule has 0 saturated heterocycles. The van der Waals surface area contributed by atoms with Crippen LogP contribution in [0.4, 0.5) is 5.69 Å². The van der Waals surface area contributed by atoms with Gasteiger partial charge in [0.2, 0.25) is 0 Å². The van der Waals surface area contributed by atoms with Crippen molar-refractivity contribution in [2.75, 3.05) is 23.9 Å². The number of carboxylic acids is 1. The Balaban J connectivity index is 2.73. The van der Waals surface area contributed by atoms with E-state index < -0.39 is 5.97 Å². The Morgan fingerprint density at radius 2 is 2.25 bits per heavy atom. The fourth-order valence-corrected chi connectivity index (χ4v) is 1.94. The van der Waals surface area contributed by atoms with Crippen LogP contribution in [-0.2, 0) is 0 Å². The van der Waals surface area contributed by atoms with Gasteiger partial charge in [-0.3, -0.25) is 0 Å². The lowest BCUT2D eigenvalue weighted by atomic mass is 10.1. The Morgan fingerprint density at radius 3 is 2.88 bits per heavy atom. The maximum absolute atomic E-state index is 11.0. The smallest absolute Gasteiger partial charge is 0.337 e. The summed E-state index contributed by atoms with van der Waals surface area (Å²) >= 11 is 1.80. The summed E-state index contributed by atoms with van der Waals surface area (Å²) in [5.74, 6) is 0.206. The zero-order valence-corrected chi connectivity index (χ0v) is 10.4. The summed E-state index contributed by atoms with van der Waals surface area (Å²) in [7, 11) is 0. The molecule has 0 radical (unpaired) electrons. The molecule has 0 aliphatic carbocycles. The van der Waals surface area contributed by atoms with Crippen LogP contribution in [-0.4, -0.2) is 29.6 Å². The highest BCUT2D eigenvalue weighted by atomic mass is 32.2. The predicted octanol–water partition coefficient (Wildman–Crippen LogP) is 2.86. The molecule has 1 aromatic rings. The van der Waals surface area contributed by atoms with E-state index in [2.05, 4.69) is 11.6 Å². The van der Waals surface area contributed by atoms with E-state index in [-0.39, 0.29) is 0 Å². The fraction of sp³-hybridized carbons (Fsp3) is 0.417. The molecule has 0 aliphatic rings. The van der Waals surface area contributed by atoms with Gasteiger partial charge in [0.1, 0.15) is 0 Å². The van der Waals surface area contributed by atoms with Crippen LogP contribution in [0.15, 0.2) is 18.2 Å². The van der Waals surface area contributed by atoms with Crippen molar-refractivity contribution in [3.05, 3.63) is 29.3 Å². The number of hydrogen-bond donors (Lipinski definition) is 2. The summed E-state index contributed by atoms with van der Waals surface area (Å²) in [5, 5.41) is 12.3. The average molecular weight is 239 g/mol. The van der Waals surface area contributed by atoms with Crippen molar-refractivity contribution >= 4 is 23.4 Å². The second kappa shape index (κ2) is 6.43. The van der Waals surface area contributed by atoms with Gasteiger partial charge in [0.25, 0.3) is 0 Å². The number of benzene rings is 1. The van der Waals surface area contributed by atoms with Gasteiger partial charge in [-0.25, -0.2) is 4.79 Å². The zero-order valence-electron chi connectivity index (χ0n) is 9.62. The van der Waals surface area contributed by atoms with Gasteiger partial charge in [0.05, 0.1) is 11.3 Å². The number of thioether (sulfide) groups is 1. The summed E-state index contributed by atoms with van der Waals surface area (Å²) in [6.45, 7) is 2.73. The number of hydrogen-bond acceptors (Lipinski definition) is 3. The zero-order chi connectivity index (χ0) is 12.0. The summed E-state index contributed by atoms with van der Waals surface area (Å²) in [4.78, 5) is 11.0. The fourth-order valence-electron chi connectivity index (χ4n) is 1.51. The van der Waals surface area contributed by atoms with Crippen molar-refractivity contribution in [2.24, 2.45) is 0 Å². The van der Waals surface area contributed by atoms with E-state index in [4.69, 9.17) is 5.11 Å². The van der Waals surface area contributed by atoms with Gasteiger partial charge >= 0.3 is 5.97 Å².